The van der Waals surface area contributed by atoms with E-state index in [4.69, 9.17) is 0 Å². The molecule has 2 nitrogen and oxygen atoms in total. The van der Waals surface area contributed by atoms with E-state index in [9.17, 15) is 8.42 Å². The molecule has 0 N–H and O–H groups in total. The number of rotatable bonds is 8. The molecular formula is C23H26BrO2PS. The summed E-state index contributed by atoms with van der Waals surface area (Å²) in [5.74, 6) is 0.255. The first kappa shape index (κ1) is 22.8. The van der Waals surface area contributed by atoms with Crippen LogP contribution >= 0.6 is 7.26 Å². The van der Waals surface area contributed by atoms with Crippen molar-refractivity contribution in [2.75, 3.05) is 18.2 Å². The molecular weight excluding hydrogens is 451 g/mol. The molecule has 0 atom stereocenters. The molecule has 0 aliphatic carbocycles. The molecule has 0 unspecified atom stereocenters. The number of benzene rings is 3. The van der Waals surface area contributed by atoms with Gasteiger partial charge in [0.15, 0.2) is 0 Å². The number of sulfone groups is 1. The highest BCUT2D eigenvalue weighted by Crippen LogP contribution is 2.55. The summed E-state index contributed by atoms with van der Waals surface area (Å²) in [5.41, 5.74) is 0. The highest BCUT2D eigenvalue weighted by atomic mass is 79.9. The van der Waals surface area contributed by atoms with Gasteiger partial charge in [-0.2, -0.15) is 0 Å². The maximum atomic E-state index is 11.6. The molecule has 0 amide bonds. The van der Waals surface area contributed by atoms with Crippen LogP contribution in [0, 0.1) is 0 Å². The molecule has 0 bridgehead atoms. The summed E-state index contributed by atoms with van der Waals surface area (Å²) in [5, 5.41) is 4.05. The van der Waals surface area contributed by atoms with Gasteiger partial charge in [-0.15, -0.1) is 0 Å². The van der Waals surface area contributed by atoms with E-state index in [1.165, 1.54) is 22.2 Å². The lowest BCUT2D eigenvalue weighted by atomic mass is 10.3. The number of unbranched alkanes of at least 4 members (excludes halogenated alkanes) is 1. The maximum absolute atomic E-state index is 11.6. The smallest absolute Gasteiger partial charge is 0.147 e. The topological polar surface area (TPSA) is 34.1 Å². The van der Waals surface area contributed by atoms with Gasteiger partial charge < -0.3 is 17.0 Å². The second-order valence-corrected chi connectivity index (χ2v) is 12.8. The SMILES string of the molecule is CS(=O)(=O)CCCC[P+](c1ccccc1)(c1ccccc1)c1ccccc1.[Br-]. The zero-order chi connectivity index (χ0) is 19.2. The minimum atomic E-state index is -2.92. The summed E-state index contributed by atoms with van der Waals surface area (Å²) >= 11 is 0. The molecule has 0 aliphatic heterocycles. The second kappa shape index (κ2) is 10.3. The minimum Gasteiger partial charge on any atom is -1.00 e. The Morgan fingerprint density at radius 2 is 1.00 bits per heavy atom. The van der Waals surface area contributed by atoms with Crippen LogP contribution in [0.2, 0.25) is 0 Å². The Hall–Kier alpha value is -1.48. The zero-order valence-electron chi connectivity index (χ0n) is 16.0. The van der Waals surface area contributed by atoms with Gasteiger partial charge in [-0.05, 0) is 49.2 Å². The van der Waals surface area contributed by atoms with Gasteiger partial charge in [-0.3, -0.25) is 0 Å². The van der Waals surface area contributed by atoms with Gasteiger partial charge in [0.2, 0.25) is 0 Å². The standard InChI is InChI=1S/C23H26O2PS.BrH/c1-27(24,25)20-12-11-19-26(21-13-5-2-6-14-21,22-15-7-3-8-16-22)23-17-9-4-10-18-23;/h2-10,13-18H,11-12,19-20H2,1H3;1H/q+1;/p-1. The van der Waals surface area contributed by atoms with Crippen molar-refractivity contribution in [3.05, 3.63) is 91.0 Å². The summed E-state index contributed by atoms with van der Waals surface area (Å²) in [6, 6.07) is 32.1. The summed E-state index contributed by atoms with van der Waals surface area (Å²) in [4.78, 5) is 0. The predicted octanol–water partition coefficient (Wildman–Crippen LogP) is 0.809. The third kappa shape index (κ3) is 5.53. The van der Waals surface area contributed by atoms with E-state index in [0.29, 0.717) is 6.42 Å². The fourth-order valence-electron chi connectivity index (χ4n) is 3.60. The van der Waals surface area contributed by atoms with E-state index in [1.54, 1.807) is 0 Å². The van der Waals surface area contributed by atoms with Crippen molar-refractivity contribution in [1.82, 2.24) is 0 Å². The molecule has 0 aliphatic rings. The molecule has 3 aromatic carbocycles. The lowest BCUT2D eigenvalue weighted by Gasteiger charge is -2.27. The monoisotopic (exact) mass is 476 g/mol. The molecule has 0 saturated carbocycles. The highest BCUT2D eigenvalue weighted by Gasteiger charge is 2.44. The van der Waals surface area contributed by atoms with Crippen molar-refractivity contribution in [2.24, 2.45) is 0 Å². The molecule has 0 fully saturated rings. The Bertz CT molecular complexity index is 849. The second-order valence-electron chi connectivity index (χ2n) is 6.88. The molecule has 5 heteroatoms. The van der Waals surface area contributed by atoms with Crippen LogP contribution in [0.3, 0.4) is 0 Å². The van der Waals surface area contributed by atoms with E-state index in [1.807, 2.05) is 0 Å². The number of hydrogen-bond acceptors (Lipinski definition) is 2. The van der Waals surface area contributed by atoms with Crippen LogP contribution in [0.1, 0.15) is 12.8 Å². The fourth-order valence-corrected chi connectivity index (χ4v) is 8.73. The van der Waals surface area contributed by atoms with Gasteiger partial charge in [0.1, 0.15) is 33.0 Å². The van der Waals surface area contributed by atoms with E-state index in [0.717, 1.165) is 12.6 Å². The zero-order valence-corrected chi connectivity index (χ0v) is 19.3. The van der Waals surface area contributed by atoms with Crippen LogP contribution < -0.4 is 32.9 Å². The fraction of sp³-hybridized carbons (Fsp3) is 0.217. The lowest BCUT2D eigenvalue weighted by Crippen LogP contribution is -3.00. The molecule has 28 heavy (non-hydrogen) atoms. The maximum Gasteiger partial charge on any atom is 0.147 e. The Morgan fingerprint density at radius 3 is 1.32 bits per heavy atom. The van der Waals surface area contributed by atoms with Crippen LogP contribution in [-0.4, -0.2) is 26.6 Å². The van der Waals surface area contributed by atoms with E-state index in [-0.39, 0.29) is 22.7 Å². The highest BCUT2D eigenvalue weighted by molar-refractivity contribution is 7.95. The number of hydrogen-bond donors (Lipinski definition) is 0. The van der Waals surface area contributed by atoms with Crippen LogP contribution in [0.5, 0.6) is 0 Å². The first-order valence-electron chi connectivity index (χ1n) is 9.25. The summed E-state index contributed by atoms with van der Waals surface area (Å²) in [6.07, 6.45) is 3.88. The molecule has 0 heterocycles. The average molecular weight is 477 g/mol. The van der Waals surface area contributed by atoms with Gasteiger partial charge >= 0.3 is 0 Å². The van der Waals surface area contributed by atoms with Crippen molar-refractivity contribution in [3.63, 3.8) is 0 Å². The average Bonchev–Trinajstić information content (AvgIpc) is 2.70. The van der Waals surface area contributed by atoms with Crippen molar-refractivity contribution in [2.45, 2.75) is 12.8 Å². The van der Waals surface area contributed by atoms with Crippen molar-refractivity contribution >= 4 is 33.0 Å². The molecule has 0 saturated heterocycles. The molecule has 3 aromatic rings. The van der Waals surface area contributed by atoms with Gasteiger partial charge in [0.25, 0.3) is 0 Å². The van der Waals surface area contributed by atoms with Crippen LogP contribution in [-0.2, 0) is 9.84 Å². The van der Waals surface area contributed by atoms with Gasteiger partial charge in [-0.25, -0.2) is 8.42 Å². The largest absolute Gasteiger partial charge is 1.00 e. The summed E-state index contributed by atoms with van der Waals surface area (Å²) in [6.45, 7) is 0. The first-order valence-corrected chi connectivity index (χ1v) is 13.3. The third-order valence-corrected chi connectivity index (χ3v) is 10.4. The minimum absolute atomic E-state index is 0. The van der Waals surface area contributed by atoms with Crippen molar-refractivity contribution in [1.29, 1.82) is 0 Å². The van der Waals surface area contributed by atoms with Crippen molar-refractivity contribution in [3.8, 4) is 0 Å². The molecule has 0 aromatic heterocycles. The van der Waals surface area contributed by atoms with Gasteiger partial charge in [0.05, 0.1) is 11.9 Å². The summed E-state index contributed by atoms with van der Waals surface area (Å²) < 4.78 is 23.1. The predicted molar refractivity (Wildman–Crippen MR) is 119 cm³/mol. The van der Waals surface area contributed by atoms with Crippen LogP contribution in [0.4, 0.5) is 0 Å². The Balaban J connectivity index is 0.00000280. The lowest BCUT2D eigenvalue weighted by molar-refractivity contribution is -0.00000783. The van der Waals surface area contributed by atoms with Gasteiger partial charge in [-0.1, -0.05) is 54.6 Å². The molecule has 148 valence electrons. The van der Waals surface area contributed by atoms with Gasteiger partial charge in [0, 0.05) is 6.26 Å². The van der Waals surface area contributed by atoms with E-state index < -0.39 is 17.1 Å². The number of halogens is 1. The quantitative estimate of drug-likeness (QED) is 0.356. The normalized spacial score (nSPS) is 11.6. The van der Waals surface area contributed by atoms with E-state index >= 15 is 0 Å². The Labute approximate surface area is 180 Å². The third-order valence-electron chi connectivity index (χ3n) is 4.85. The van der Waals surface area contributed by atoms with Crippen LogP contribution in [0.25, 0.3) is 0 Å². The van der Waals surface area contributed by atoms with E-state index in [2.05, 4.69) is 91.0 Å². The van der Waals surface area contributed by atoms with Crippen LogP contribution in [0.15, 0.2) is 91.0 Å². The molecule has 0 spiro atoms. The Morgan fingerprint density at radius 1 is 0.643 bits per heavy atom. The van der Waals surface area contributed by atoms with Crippen molar-refractivity contribution < 1.29 is 25.4 Å². The molecule has 0 radical (unpaired) electrons. The Kier molecular flexibility index (Phi) is 8.42. The first-order chi connectivity index (χ1) is 13.0. The summed E-state index contributed by atoms with van der Waals surface area (Å²) in [7, 11) is -4.75. The molecule has 3 rings (SSSR count).